The van der Waals surface area contributed by atoms with Gasteiger partial charge >= 0.3 is 5.97 Å². The Hall–Kier alpha value is -3.42. The molecule has 1 aliphatic heterocycles. The Balaban J connectivity index is 1.81. The molecule has 1 aliphatic rings. The second-order valence-electron chi connectivity index (χ2n) is 9.39. The van der Waals surface area contributed by atoms with E-state index in [1.54, 1.807) is 19.3 Å². The summed E-state index contributed by atoms with van der Waals surface area (Å²) in [5, 5.41) is 13.9. The average molecular weight is 474 g/mol. The second-order valence-corrected chi connectivity index (χ2v) is 9.39. The van der Waals surface area contributed by atoms with Gasteiger partial charge in [0.25, 0.3) is 0 Å². The number of carbonyl (C=O) groups is 1. The Bertz CT molecular complexity index is 1370. The lowest BCUT2D eigenvalue weighted by Crippen LogP contribution is -2.50. The molecule has 0 radical (unpaired) electrons. The molecule has 7 nitrogen and oxygen atoms in total. The molecule has 2 aromatic heterocycles. The highest BCUT2D eigenvalue weighted by molar-refractivity contribution is 6.16. The topological polar surface area (TPSA) is 79.0 Å². The maximum Gasteiger partial charge on any atom is 0.342 e. The van der Waals surface area contributed by atoms with Crippen LogP contribution in [0.2, 0.25) is 0 Å². The third kappa shape index (κ3) is 3.94. The number of aromatic hydroxyl groups is 1. The van der Waals surface area contributed by atoms with Crippen LogP contribution in [-0.4, -0.2) is 65.2 Å². The van der Waals surface area contributed by atoms with Gasteiger partial charge in [-0.05, 0) is 38.5 Å². The largest absolute Gasteiger partial charge is 0.507 e. The van der Waals surface area contributed by atoms with Crippen LogP contribution in [0.1, 0.15) is 47.1 Å². The van der Waals surface area contributed by atoms with Gasteiger partial charge < -0.3 is 14.3 Å². The van der Waals surface area contributed by atoms with Crippen LogP contribution in [0.15, 0.2) is 53.2 Å². The van der Waals surface area contributed by atoms with E-state index in [-0.39, 0.29) is 11.8 Å². The number of rotatable bonds is 5. The first kappa shape index (κ1) is 23.3. The number of hydrogen-bond acceptors (Lipinski definition) is 7. The van der Waals surface area contributed by atoms with Crippen molar-refractivity contribution < 1.29 is 19.1 Å². The molecule has 1 atom stereocenters. The van der Waals surface area contributed by atoms with E-state index >= 15 is 0 Å². The number of carbonyl (C=O) groups excluding carboxylic acids is 1. The van der Waals surface area contributed by atoms with Crippen molar-refractivity contribution in [1.29, 1.82) is 0 Å². The first-order chi connectivity index (χ1) is 16.9. The molecule has 1 unspecified atom stereocenters. The Morgan fingerprint density at radius 1 is 1.03 bits per heavy atom. The Labute approximate surface area is 204 Å². The third-order valence-electron chi connectivity index (χ3n) is 7.16. The molecule has 0 aliphatic carbocycles. The van der Waals surface area contributed by atoms with Crippen molar-refractivity contribution in [3.8, 4) is 5.75 Å². The van der Waals surface area contributed by atoms with E-state index in [9.17, 15) is 9.90 Å². The van der Waals surface area contributed by atoms with Gasteiger partial charge in [0, 0.05) is 66.3 Å². The van der Waals surface area contributed by atoms with Gasteiger partial charge in [0.1, 0.15) is 22.7 Å². The number of benzene rings is 2. The number of fused-ring (bicyclic) bond motifs is 3. The monoisotopic (exact) mass is 473 g/mol. The molecule has 0 spiro atoms. The number of pyridine rings is 1. The summed E-state index contributed by atoms with van der Waals surface area (Å²) in [6.45, 7) is 9.69. The van der Waals surface area contributed by atoms with Crippen LogP contribution in [0.4, 0.5) is 0 Å². The van der Waals surface area contributed by atoms with Gasteiger partial charge in [-0.2, -0.15) is 0 Å². The zero-order chi connectivity index (χ0) is 24.7. The molecule has 1 fully saturated rings. The van der Waals surface area contributed by atoms with Gasteiger partial charge in [0.15, 0.2) is 0 Å². The maximum atomic E-state index is 13.0. The highest BCUT2D eigenvalue weighted by Crippen LogP contribution is 2.47. The third-order valence-corrected chi connectivity index (χ3v) is 7.16. The predicted octanol–water partition coefficient (Wildman–Crippen LogP) is 4.90. The second kappa shape index (κ2) is 9.32. The van der Waals surface area contributed by atoms with E-state index < -0.39 is 5.97 Å². The Morgan fingerprint density at radius 3 is 2.29 bits per heavy atom. The van der Waals surface area contributed by atoms with Gasteiger partial charge in [-0.3, -0.25) is 14.8 Å². The van der Waals surface area contributed by atoms with Crippen LogP contribution in [-0.2, 0) is 4.74 Å². The number of methoxy groups -OCH3 is 1. The summed E-state index contributed by atoms with van der Waals surface area (Å²) in [4.78, 5) is 22.0. The lowest BCUT2D eigenvalue weighted by Gasteiger charge is -2.41. The van der Waals surface area contributed by atoms with Crippen molar-refractivity contribution in [3.05, 3.63) is 71.2 Å². The summed E-state index contributed by atoms with van der Waals surface area (Å²) in [5.74, 6) is 0.157. The van der Waals surface area contributed by atoms with Crippen molar-refractivity contribution in [1.82, 2.24) is 14.8 Å². The summed E-state index contributed by atoms with van der Waals surface area (Å²) in [6.07, 6.45) is 3.54. The molecule has 1 N–H and O–H groups in total. The van der Waals surface area contributed by atoms with Crippen LogP contribution < -0.4 is 0 Å². The van der Waals surface area contributed by atoms with E-state index in [0.29, 0.717) is 39.3 Å². The zero-order valence-electron chi connectivity index (χ0n) is 20.6. The quantitative estimate of drug-likeness (QED) is 0.413. The fraction of sp³-hybridized carbons (Fsp3) is 0.357. The summed E-state index contributed by atoms with van der Waals surface area (Å²) in [6, 6.07) is 11.7. The fourth-order valence-corrected chi connectivity index (χ4v) is 5.37. The van der Waals surface area contributed by atoms with Gasteiger partial charge in [-0.1, -0.05) is 24.3 Å². The molecular formula is C28H31N3O4. The Kier molecular flexibility index (Phi) is 6.21. The van der Waals surface area contributed by atoms with Crippen molar-refractivity contribution in [2.75, 3.05) is 33.3 Å². The number of ether oxygens (including phenoxy) is 1. The first-order valence-corrected chi connectivity index (χ1v) is 12.0. The summed E-state index contributed by atoms with van der Waals surface area (Å²) in [5.41, 5.74) is 2.62. The maximum absolute atomic E-state index is 13.0. The molecule has 3 heterocycles. The Morgan fingerprint density at radius 2 is 1.66 bits per heavy atom. The minimum Gasteiger partial charge on any atom is -0.507 e. The number of nitrogens with zero attached hydrogens (tertiary/aromatic N) is 3. The van der Waals surface area contributed by atoms with E-state index in [0.717, 1.165) is 37.1 Å². The highest BCUT2D eigenvalue weighted by atomic mass is 16.5. The normalized spacial score (nSPS) is 16.3. The van der Waals surface area contributed by atoms with Crippen molar-refractivity contribution in [3.63, 3.8) is 0 Å². The number of aromatic nitrogens is 1. The fourth-order valence-electron chi connectivity index (χ4n) is 5.37. The minimum atomic E-state index is -0.477. The smallest absolute Gasteiger partial charge is 0.342 e. The van der Waals surface area contributed by atoms with Crippen LogP contribution in [0.3, 0.4) is 0 Å². The van der Waals surface area contributed by atoms with Gasteiger partial charge in [0.2, 0.25) is 0 Å². The zero-order valence-corrected chi connectivity index (χ0v) is 20.6. The molecule has 0 bridgehead atoms. The number of piperazine rings is 1. The average Bonchev–Trinajstić information content (AvgIpc) is 3.23. The van der Waals surface area contributed by atoms with Crippen molar-refractivity contribution >= 4 is 27.7 Å². The van der Waals surface area contributed by atoms with Crippen LogP contribution >= 0.6 is 0 Å². The van der Waals surface area contributed by atoms with Gasteiger partial charge in [-0.15, -0.1) is 0 Å². The SMILES string of the molecule is COC(=O)c1c(C)oc2c1c(C(c1ccncc1)N1CCN(C(C)C)CC1)c(O)c1ccccc12. The number of aryl methyl sites for hydroxylation is 1. The molecular weight excluding hydrogens is 442 g/mol. The van der Waals surface area contributed by atoms with Crippen LogP contribution in [0, 0.1) is 6.92 Å². The van der Waals surface area contributed by atoms with E-state index in [1.165, 1.54) is 7.11 Å². The predicted molar refractivity (Wildman–Crippen MR) is 136 cm³/mol. The summed E-state index contributed by atoms with van der Waals surface area (Å²) < 4.78 is 11.4. The summed E-state index contributed by atoms with van der Waals surface area (Å²) in [7, 11) is 1.37. The molecule has 0 saturated carbocycles. The van der Waals surface area contributed by atoms with Crippen LogP contribution in [0.5, 0.6) is 5.75 Å². The van der Waals surface area contributed by atoms with Crippen molar-refractivity contribution in [2.24, 2.45) is 0 Å². The number of phenols is 1. The van der Waals surface area contributed by atoms with Gasteiger partial charge in [0.05, 0.1) is 13.2 Å². The molecule has 5 rings (SSSR count). The lowest BCUT2D eigenvalue weighted by atomic mass is 9.89. The van der Waals surface area contributed by atoms with E-state index in [4.69, 9.17) is 9.15 Å². The number of hydrogen-bond donors (Lipinski definition) is 1. The summed E-state index contributed by atoms with van der Waals surface area (Å²) >= 11 is 0. The molecule has 182 valence electrons. The highest BCUT2D eigenvalue weighted by Gasteiger charge is 2.35. The number of phenolic OH excluding ortho intramolecular Hbond substituents is 1. The molecule has 4 aromatic rings. The van der Waals surface area contributed by atoms with Crippen molar-refractivity contribution in [2.45, 2.75) is 32.9 Å². The minimum absolute atomic E-state index is 0.159. The van der Waals surface area contributed by atoms with Crippen LogP contribution in [0.25, 0.3) is 21.7 Å². The lowest BCUT2D eigenvalue weighted by molar-refractivity contribution is 0.0600. The number of furan rings is 1. The number of esters is 1. The van der Waals surface area contributed by atoms with Gasteiger partial charge in [-0.25, -0.2) is 4.79 Å². The van der Waals surface area contributed by atoms with E-state index in [1.807, 2.05) is 36.4 Å². The standard InChI is InChI=1S/C28H31N3O4/c1-17(2)30-13-15-31(16-14-30)25(19-9-11-29-12-10-19)24-23-22(28(33)34-4)18(3)35-27(23)21-8-6-5-7-20(21)26(24)32/h5-12,17,25,32H,13-16H2,1-4H3. The molecule has 35 heavy (non-hydrogen) atoms. The molecule has 2 aromatic carbocycles. The van der Waals surface area contributed by atoms with E-state index in [2.05, 4.69) is 28.6 Å². The molecule has 1 saturated heterocycles. The first-order valence-electron chi connectivity index (χ1n) is 12.0. The molecule has 0 amide bonds. The molecule has 7 heteroatoms.